The molecule has 4 aromatic rings. The normalized spacial score (nSPS) is 10.9. The maximum Gasteiger partial charge on any atom is 0.257 e. The van der Waals surface area contributed by atoms with E-state index >= 15 is 0 Å². The first kappa shape index (κ1) is 21.1. The number of halogens is 1. The van der Waals surface area contributed by atoms with Crippen LogP contribution in [0.5, 0.6) is 5.75 Å². The Morgan fingerprint density at radius 2 is 1.91 bits per heavy atom. The second-order valence-electron chi connectivity index (χ2n) is 6.85. The van der Waals surface area contributed by atoms with Crippen LogP contribution < -0.4 is 15.4 Å². The number of para-hydroxylation sites is 1. The van der Waals surface area contributed by atoms with E-state index in [0.29, 0.717) is 17.1 Å². The molecule has 0 atom stereocenters. The lowest BCUT2D eigenvalue weighted by molar-refractivity contribution is -0.111. The highest BCUT2D eigenvalue weighted by Crippen LogP contribution is 2.23. The van der Waals surface area contributed by atoms with Crippen molar-refractivity contribution in [2.24, 2.45) is 0 Å². The summed E-state index contributed by atoms with van der Waals surface area (Å²) in [5.41, 5.74) is 2.70. The number of pyridine rings is 1. The molecule has 0 spiro atoms. The molecule has 3 N–H and O–H groups in total. The Hall–Kier alpha value is -4.10. The van der Waals surface area contributed by atoms with E-state index in [0.717, 1.165) is 16.6 Å². The highest BCUT2D eigenvalue weighted by molar-refractivity contribution is 6.34. The number of aromatic nitrogens is 2. The lowest BCUT2D eigenvalue weighted by Gasteiger charge is -2.09. The third kappa shape index (κ3) is 4.79. The molecule has 0 aliphatic heterocycles. The van der Waals surface area contributed by atoms with E-state index < -0.39 is 5.91 Å². The van der Waals surface area contributed by atoms with Gasteiger partial charge in [-0.15, -0.1) is 0 Å². The van der Waals surface area contributed by atoms with Gasteiger partial charge in [-0.2, -0.15) is 0 Å². The zero-order chi connectivity index (χ0) is 22.5. The van der Waals surface area contributed by atoms with Crippen LogP contribution in [0.3, 0.4) is 0 Å². The number of hydrogen-bond acceptors (Lipinski definition) is 4. The summed E-state index contributed by atoms with van der Waals surface area (Å²) < 4.78 is 5.27. The Balaban J connectivity index is 1.47. The molecule has 160 valence electrons. The molecule has 0 aliphatic rings. The van der Waals surface area contributed by atoms with Gasteiger partial charge in [0.15, 0.2) is 0 Å². The van der Waals surface area contributed by atoms with Crippen LogP contribution >= 0.6 is 11.6 Å². The SMILES string of the molecule is COc1ccccc1/C=C/C(=O)Nc1ccc(Cl)c(C(=O)Nc2cnc3[nH]ccc3c2)c1. The average Bonchev–Trinajstić information content (AvgIpc) is 3.27. The van der Waals surface area contributed by atoms with Gasteiger partial charge in [0.05, 0.1) is 29.6 Å². The van der Waals surface area contributed by atoms with E-state index in [2.05, 4.69) is 20.6 Å². The number of nitrogens with one attached hydrogen (secondary N) is 3. The van der Waals surface area contributed by atoms with Gasteiger partial charge >= 0.3 is 0 Å². The lowest BCUT2D eigenvalue weighted by atomic mass is 10.1. The van der Waals surface area contributed by atoms with Crippen LogP contribution in [0.1, 0.15) is 15.9 Å². The molecular formula is C24H19ClN4O3. The summed E-state index contributed by atoms with van der Waals surface area (Å²) in [5, 5.41) is 6.65. The number of methoxy groups -OCH3 is 1. The van der Waals surface area contributed by atoms with Crippen molar-refractivity contribution < 1.29 is 14.3 Å². The molecule has 0 radical (unpaired) electrons. The van der Waals surface area contributed by atoms with Crippen molar-refractivity contribution >= 4 is 51.9 Å². The minimum absolute atomic E-state index is 0.229. The Morgan fingerprint density at radius 1 is 1.06 bits per heavy atom. The third-order valence-electron chi connectivity index (χ3n) is 4.69. The number of carbonyl (C=O) groups is 2. The largest absolute Gasteiger partial charge is 0.496 e. The number of fused-ring (bicyclic) bond motifs is 1. The summed E-state index contributed by atoms with van der Waals surface area (Å²) in [5.74, 6) is -0.103. The van der Waals surface area contributed by atoms with Crippen molar-refractivity contribution in [1.29, 1.82) is 0 Å². The van der Waals surface area contributed by atoms with E-state index in [1.807, 2.05) is 30.3 Å². The van der Waals surface area contributed by atoms with E-state index in [1.54, 1.807) is 43.8 Å². The van der Waals surface area contributed by atoms with Gasteiger partial charge in [0.1, 0.15) is 11.4 Å². The molecule has 0 bridgehead atoms. The molecule has 2 aromatic heterocycles. The minimum atomic E-state index is -0.410. The second-order valence-corrected chi connectivity index (χ2v) is 7.26. The van der Waals surface area contributed by atoms with Gasteiger partial charge in [0, 0.05) is 28.9 Å². The quantitative estimate of drug-likeness (QED) is 0.358. The lowest BCUT2D eigenvalue weighted by Crippen LogP contribution is -2.14. The number of hydrogen-bond donors (Lipinski definition) is 3. The zero-order valence-corrected chi connectivity index (χ0v) is 17.8. The summed E-state index contributed by atoms with van der Waals surface area (Å²) in [4.78, 5) is 32.4. The molecule has 0 unspecified atom stereocenters. The third-order valence-corrected chi connectivity index (χ3v) is 5.02. The number of ether oxygens (including phenoxy) is 1. The Morgan fingerprint density at radius 3 is 2.75 bits per heavy atom. The predicted molar refractivity (Wildman–Crippen MR) is 126 cm³/mol. The molecule has 8 heteroatoms. The Kier molecular flexibility index (Phi) is 6.19. The second kappa shape index (κ2) is 9.36. The van der Waals surface area contributed by atoms with Gasteiger partial charge in [-0.05, 0) is 42.5 Å². The van der Waals surface area contributed by atoms with E-state index in [-0.39, 0.29) is 16.5 Å². The number of H-pyrrole nitrogens is 1. The number of amides is 2. The van der Waals surface area contributed by atoms with Crippen LogP contribution in [0.2, 0.25) is 5.02 Å². The van der Waals surface area contributed by atoms with Gasteiger partial charge < -0.3 is 20.4 Å². The first-order chi connectivity index (χ1) is 15.5. The standard InChI is InChI=1S/C24H19ClN4O3/c1-32-21-5-3-2-4-15(21)6-9-22(30)28-17-7-8-20(25)19(13-17)24(31)29-18-12-16-10-11-26-23(16)27-14-18/h2-14H,1H3,(H,26,27)(H,28,30)(H,29,31)/b9-6+. The molecule has 0 fully saturated rings. The number of benzene rings is 2. The van der Waals surface area contributed by atoms with Crippen molar-refractivity contribution in [2.75, 3.05) is 17.7 Å². The van der Waals surface area contributed by atoms with Gasteiger partial charge in [-0.3, -0.25) is 9.59 Å². The van der Waals surface area contributed by atoms with E-state index in [9.17, 15) is 9.59 Å². The first-order valence-electron chi connectivity index (χ1n) is 9.69. The van der Waals surface area contributed by atoms with Crippen LogP contribution in [0, 0.1) is 0 Å². The maximum absolute atomic E-state index is 12.8. The molecule has 7 nitrogen and oxygen atoms in total. The highest BCUT2D eigenvalue weighted by atomic mass is 35.5. The number of rotatable bonds is 6. The van der Waals surface area contributed by atoms with Gasteiger partial charge in [0.2, 0.25) is 5.91 Å². The topological polar surface area (TPSA) is 96.1 Å². The first-order valence-corrected chi connectivity index (χ1v) is 10.1. The Bertz CT molecular complexity index is 1330. The molecule has 0 saturated carbocycles. The fourth-order valence-electron chi connectivity index (χ4n) is 3.14. The van der Waals surface area contributed by atoms with E-state index in [4.69, 9.17) is 16.3 Å². The highest BCUT2D eigenvalue weighted by Gasteiger charge is 2.13. The van der Waals surface area contributed by atoms with Gasteiger partial charge in [-0.1, -0.05) is 29.8 Å². The van der Waals surface area contributed by atoms with Crippen molar-refractivity contribution in [3.63, 3.8) is 0 Å². The summed E-state index contributed by atoms with van der Waals surface area (Å²) in [7, 11) is 1.57. The van der Waals surface area contributed by atoms with Crippen molar-refractivity contribution in [1.82, 2.24) is 9.97 Å². The summed E-state index contributed by atoms with van der Waals surface area (Å²) in [6, 6.07) is 15.7. The average molecular weight is 447 g/mol. The van der Waals surface area contributed by atoms with Crippen LogP contribution in [-0.2, 0) is 4.79 Å². The Labute approximate surface area is 189 Å². The zero-order valence-electron chi connectivity index (χ0n) is 17.1. The molecule has 4 rings (SSSR count). The molecular weight excluding hydrogens is 428 g/mol. The number of carbonyl (C=O) groups excluding carboxylic acids is 2. The maximum atomic E-state index is 12.8. The number of nitrogens with zero attached hydrogens (tertiary/aromatic N) is 1. The molecule has 0 saturated heterocycles. The fraction of sp³-hybridized carbons (Fsp3) is 0.0417. The predicted octanol–water partition coefficient (Wildman–Crippen LogP) is 5.13. The smallest absolute Gasteiger partial charge is 0.257 e. The monoisotopic (exact) mass is 446 g/mol. The van der Waals surface area contributed by atoms with Crippen molar-refractivity contribution in [2.45, 2.75) is 0 Å². The van der Waals surface area contributed by atoms with E-state index in [1.165, 1.54) is 12.1 Å². The van der Waals surface area contributed by atoms with Crippen molar-refractivity contribution in [3.05, 3.63) is 89.2 Å². The molecule has 2 aromatic carbocycles. The van der Waals surface area contributed by atoms with Crippen LogP contribution in [-0.4, -0.2) is 28.9 Å². The molecule has 2 heterocycles. The van der Waals surface area contributed by atoms with Crippen molar-refractivity contribution in [3.8, 4) is 5.75 Å². The van der Waals surface area contributed by atoms with Crippen LogP contribution in [0.15, 0.2) is 73.1 Å². The van der Waals surface area contributed by atoms with Gasteiger partial charge in [-0.25, -0.2) is 4.98 Å². The summed E-state index contributed by atoms with van der Waals surface area (Å²) in [6.45, 7) is 0. The van der Waals surface area contributed by atoms with Gasteiger partial charge in [0.25, 0.3) is 5.91 Å². The summed E-state index contributed by atoms with van der Waals surface area (Å²) >= 11 is 6.22. The minimum Gasteiger partial charge on any atom is -0.496 e. The fourth-order valence-corrected chi connectivity index (χ4v) is 3.34. The van der Waals surface area contributed by atoms with Crippen LogP contribution in [0.4, 0.5) is 11.4 Å². The molecule has 2 amide bonds. The molecule has 32 heavy (non-hydrogen) atoms. The molecule has 0 aliphatic carbocycles. The number of anilines is 2. The number of aromatic amines is 1. The summed E-state index contributed by atoms with van der Waals surface area (Å²) in [6.07, 6.45) is 6.37. The van der Waals surface area contributed by atoms with Crippen LogP contribution in [0.25, 0.3) is 17.1 Å².